The molecule has 3 rings (SSSR count). The van der Waals surface area contributed by atoms with Crippen molar-refractivity contribution in [1.82, 2.24) is 4.31 Å². The van der Waals surface area contributed by atoms with Crippen molar-refractivity contribution in [1.29, 1.82) is 0 Å². The standard InChI is InChI=1S/C18H26N2O5S2/c1-13-9-14(2)11-20(10-13)27(24,25)17-5-3-16(4-6-17)19-18(21)15-7-8-26(22,23)12-15/h3-6,13-15H,7-12H2,1-2H3,(H,19,21)/t13-,14-,15+/m0/s1. The number of sulfone groups is 1. The summed E-state index contributed by atoms with van der Waals surface area (Å²) in [6.45, 7) is 5.14. The van der Waals surface area contributed by atoms with Crippen LogP contribution in [-0.2, 0) is 24.7 Å². The molecule has 2 fully saturated rings. The maximum absolute atomic E-state index is 12.9. The van der Waals surface area contributed by atoms with E-state index in [1.807, 2.05) is 0 Å². The quantitative estimate of drug-likeness (QED) is 0.809. The number of piperidine rings is 1. The highest BCUT2D eigenvalue weighted by molar-refractivity contribution is 7.91. The molecule has 1 aromatic carbocycles. The van der Waals surface area contributed by atoms with Crippen LogP contribution in [0.4, 0.5) is 5.69 Å². The minimum Gasteiger partial charge on any atom is -0.326 e. The van der Waals surface area contributed by atoms with Crippen molar-refractivity contribution in [3.63, 3.8) is 0 Å². The second kappa shape index (κ2) is 7.52. The molecule has 1 N–H and O–H groups in total. The van der Waals surface area contributed by atoms with Gasteiger partial charge < -0.3 is 5.32 Å². The Balaban J connectivity index is 1.69. The Morgan fingerprint density at radius 2 is 1.70 bits per heavy atom. The van der Waals surface area contributed by atoms with E-state index in [1.165, 1.54) is 16.4 Å². The van der Waals surface area contributed by atoms with Crippen LogP contribution in [0, 0.1) is 17.8 Å². The first kappa shape index (κ1) is 20.3. The molecular weight excluding hydrogens is 388 g/mol. The molecule has 0 unspecified atom stereocenters. The van der Waals surface area contributed by atoms with E-state index in [2.05, 4.69) is 19.2 Å². The van der Waals surface area contributed by atoms with Gasteiger partial charge in [0.05, 0.1) is 22.3 Å². The third-order valence-electron chi connectivity index (χ3n) is 5.20. The Morgan fingerprint density at radius 3 is 2.22 bits per heavy atom. The van der Waals surface area contributed by atoms with Gasteiger partial charge in [-0.2, -0.15) is 4.31 Å². The highest BCUT2D eigenvalue weighted by atomic mass is 32.2. The van der Waals surface area contributed by atoms with Gasteiger partial charge in [-0.25, -0.2) is 16.8 Å². The number of benzene rings is 1. The van der Waals surface area contributed by atoms with E-state index < -0.39 is 25.8 Å². The number of nitrogens with one attached hydrogen (secondary N) is 1. The number of nitrogens with zero attached hydrogens (tertiary/aromatic N) is 1. The smallest absolute Gasteiger partial charge is 0.243 e. The largest absolute Gasteiger partial charge is 0.326 e. The number of hydrogen-bond acceptors (Lipinski definition) is 5. The third kappa shape index (κ3) is 4.70. The molecule has 0 aromatic heterocycles. The van der Waals surface area contributed by atoms with Crippen LogP contribution >= 0.6 is 0 Å². The van der Waals surface area contributed by atoms with Crippen LogP contribution in [0.5, 0.6) is 0 Å². The molecule has 1 amide bonds. The number of carbonyl (C=O) groups excluding carboxylic acids is 1. The maximum atomic E-state index is 12.9. The van der Waals surface area contributed by atoms with E-state index in [9.17, 15) is 21.6 Å². The SMILES string of the molecule is C[C@H]1C[C@H](C)CN(S(=O)(=O)c2ccc(NC(=O)[C@@H]3CCS(=O)(=O)C3)cc2)C1. The van der Waals surface area contributed by atoms with Gasteiger partial charge >= 0.3 is 0 Å². The number of sulfonamides is 1. The van der Waals surface area contributed by atoms with Gasteiger partial charge in [0.1, 0.15) is 0 Å². The zero-order valence-corrected chi connectivity index (χ0v) is 17.2. The second-order valence-corrected chi connectivity index (χ2v) is 12.0. The van der Waals surface area contributed by atoms with Crippen LogP contribution in [-0.4, -0.2) is 51.6 Å². The first-order valence-corrected chi connectivity index (χ1v) is 12.4. The summed E-state index contributed by atoms with van der Waals surface area (Å²) in [6, 6.07) is 6.07. The van der Waals surface area contributed by atoms with E-state index in [-0.39, 0.29) is 22.3 Å². The molecule has 7 nitrogen and oxygen atoms in total. The van der Waals surface area contributed by atoms with Crippen molar-refractivity contribution >= 4 is 31.5 Å². The fourth-order valence-corrected chi connectivity index (χ4v) is 7.33. The molecule has 0 saturated carbocycles. The third-order valence-corrected chi connectivity index (χ3v) is 8.81. The number of anilines is 1. The lowest BCUT2D eigenvalue weighted by molar-refractivity contribution is -0.119. The number of amides is 1. The predicted octanol–water partition coefficient (Wildman–Crippen LogP) is 1.73. The molecule has 0 spiro atoms. The van der Waals surface area contributed by atoms with Gasteiger partial charge in [0.15, 0.2) is 9.84 Å². The average Bonchev–Trinajstić information content (AvgIpc) is 2.94. The summed E-state index contributed by atoms with van der Waals surface area (Å²) >= 11 is 0. The highest BCUT2D eigenvalue weighted by Crippen LogP contribution is 2.27. The van der Waals surface area contributed by atoms with Crippen molar-refractivity contribution < 1.29 is 21.6 Å². The van der Waals surface area contributed by atoms with Crippen molar-refractivity contribution in [3.8, 4) is 0 Å². The molecular formula is C18H26N2O5S2. The summed E-state index contributed by atoms with van der Waals surface area (Å²) in [5.41, 5.74) is 0.462. The molecule has 0 aliphatic carbocycles. The Hall–Kier alpha value is -1.45. The summed E-state index contributed by atoms with van der Waals surface area (Å²) in [7, 11) is -6.69. The Kier molecular flexibility index (Phi) is 5.65. The molecule has 27 heavy (non-hydrogen) atoms. The van der Waals surface area contributed by atoms with E-state index in [0.29, 0.717) is 37.0 Å². The predicted molar refractivity (Wildman–Crippen MR) is 104 cm³/mol. The van der Waals surface area contributed by atoms with Crippen LogP contribution in [0.15, 0.2) is 29.2 Å². The summed E-state index contributed by atoms with van der Waals surface area (Å²) in [6.07, 6.45) is 1.35. The fourth-order valence-electron chi connectivity index (χ4n) is 3.91. The van der Waals surface area contributed by atoms with Crippen molar-refractivity contribution in [2.24, 2.45) is 17.8 Å². The number of carbonyl (C=O) groups is 1. The number of hydrogen-bond donors (Lipinski definition) is 1. The van der Waals surface area contributed by atoms with Crippen molar-refractivity contribution in [3.05, 3.63) is 24.3 Å². The Morgan fingerprint density at radius 1 is 1.11 bits per heavy atom. The molecule has 2 aliphatic rings. The monoisotopic (exact) mass is 414 g/mol. The molecule has 0 radical (unpaired) electrons. The molecule has 2 saturated heterocycles. The highest BCUT2D eigenvalue weighted by Gasteiger charge is 2.33. The van der Waals surface area contributed by atoms with Gasteiger partial charge in [-0.1, -0.05) is 13.8 Å². The van der Waals surface area contributed by atoms with Gasteiger partial charge in [0.25, 0.3) is 0 Å². The van der Waals surface area contributed by atoms with E-state index in [1.54, 1.807) is 12.1 Å². The van der Waals surface area contributed by atoms with Gasteiger partial charge in [0.2, 0.25) is 15.9 Å². The summed E-state index contributed by atoms with van der Waals surface area (Å²) < 4.78 is 50.3. The first-order chi connectivity index (χ1) is 12.6. The summed E-state index contributed by atoms with van der Waals surface area (Å²) in [4.78, 5) is 12.4. The minimum atomic E-state index is -3.56. The van der Waals surface area contributed by atoms with Crippen molar-refractivity contribution in [2.45, 2.75) is 31.6 Å². The Bertz CT molecular complexity index is 900. The molecule has 3 atom stereocenters. The molecule has 2 aliphatic heterocycles. The number of rotatable bonds is 4. The molecule has 9 heteroatoms. The molecule has 0 bridgehead atoms. The Labute approximate surface area is 161 Å². The van der Waals surface area contributed by atoms with Crippen LogP contribution in [0.3, 0.4) is 0 Å². The fraction of sp³-hybridized carbons (Fsp3) is 0.611. The second-order valence-electron chi connectivity index (χ2n) is 7.88. The minimum absolute atomic E-state index is 0.0367. The lowest BCUT2D eigenvalue weighted by Gasteiger charge is -2.34. The molecule has 2 heterocycles. The maximum Gasteiger partial charge on any atom is 0.243 e. The molecule has 150 valence electrons. The van der Waals surface area contributed by atoms with Crippen LogP contribution in [0.25, 0.3) is 0 Å². The molecule has 1 aromatic rings. The normalized spacial score (nSPS) is 28.7. The lowest BCUT2D eigenvalue weighted by Crippen LogP contribution is -2.42. The zero-order chi connectivity index (χ0) is 19.8. The topological polar surface area (TPSA) is 101 Å². The van der Waals surface area contributed by atoms with E-state index in [0.717, 1.165) is 6.42 Å². The van der Waals surface area contributed by atoms with E-state index in [4.69, 9.17) is 0 Å². The van der Waals surface area contributed by atoms with Gasteiger partial charge in [0, 0.05) is 18.8 Å². The van der Waals surface area contributed by atoms with Crippen LogP contribution < -0.4 is 5.32 Å². The summed E-state index contributed by atoms with van der Waals surface area (Å²) in [5, 5.41) is 2.68. The van der Waals surface area contributed by atoms with Gasteiger partial charge in [-0.05, 0) is 48.9 Å². The lowest BCUT2D eigenvalue weighted by atomic mass is 9.94. The van der Waals surface area contributed by atoms with Crippen LogP contribution in [0.2, 0.25) is 0 Å². The van der Waals surface area contributed by atoms with E-state index >= 15 is 0 Å². The first-order valence-electron chi connectivity index (χ1n) is 9.18. The van der Waals surface area contributed by atoms with Gasteiger partial charge in [-0.3, -0.25) is 4.79 Å². The van der Waals surface area contributed by atoms with Gasteiger partial charge in [-0.15, -0.1) is 0 Å². The summed E-state index contributed by atoms with van der Waals surface area (Å²) in [5.74, 6) is -0.333. The van der Waals surface area contributed by atoms with Crippen molar-refractivity contribution in [2.75, 3.05) is 29.9 Å². The van der Waals surface area contributed by atoms with Crippen LogP contribution in [0.1, 0.15) is 26.7 Å². The zero-order valence-electron chi connectivity index (χ0n) is 15.6. The average molecular weight is 415 g/mol.